The van der Waals surface area contributed by atoms with Crippen LogP contribution in [0.3, 0.4) is 0 Å². The predicted molar refractivity (Wildman–Crippen MR) is 212 cm³/mol. The van der Waals surface area contributed by atoms with Crippen LogP contribution >= 0.6 is 23.1 Å². The number of thioether (sulfide) groups is 1. The molecule has 0 spiro atoms. The Kier molecular flexibility index (Phi) is 9.06. The summed E-state index contributed by atoms with van der Waals surface area (Å²) in [5.74, 6) is 8.43. The number of fused-ring (bicyclic) bond motifs is 10. The summed E-state index contributed by atoms with van der Waals surface area (Å²) in [6.07, 6.45) is 4.94. The van der Waals surface area contributed by atoms with Gasteiger partial charge in [0.25, 0.3) is 0 Å². The molecule has 4 heteroatoms. The van der Waals surface area contributed by atoms with E-state index < -0.39 is 26.5 Å². The van der Waals surface area contributed by atoms with E-state index >= 15 is 0 Å². The molecule has 2 aliphatic rings. The van der Waals surface area contributed by atoms with Crippen molar-refractivity contribution in [1.29, 1.82) is 0 Å². The molecule has 7 rings (SSSR count). The van der Waals surface area contributed by atoms with E-state index in [0.717, 1.165) is 0 Å². The number of thiophene rings is 1. The Labute approximate surface area is 289 Å². The Balaban J connectivity index is 1.64. The summed E-state index contributed by atoms with van der Waals surface area (Å²) in [5.41, 5.74) is 6.80. The average molecular weight is 758 g/mol. The Bertz CT molecular complexity index is 2120. The van der Waals surface area contributed by atoms with Crippen LogP contribution in [0.25, 0.3) is 37.0 Å². The van der Waals surface area contributed by atoms with Crippen LogP contribution in [-0.2, 0) is 0 Å². The van der Waals surface area contributed by atoms with Crippen molar-refractivity contribution >= 4 is 86.7 Å². The average Bonchev–Trinajstić information content (AvgIpc) is 3.68. The minimum absolute atomic E-state index is 0.325. The van der Waals surface area contributed by atoms with Crippen molar-refractivity contribution in [3.05, 3.63) is 94.6 Å². The Morgan fingerprint density at radius 2 is 1.26 bits per heavy atom. The predicted octanol–water partition coefficient (Wildman–Crippen LogP) is 13.0. The number of hydrogen-bond acceptors (Lipinski definition) is 2. The molecular weight excluding hydrogens is 714 g/mol. The first-order valence-corrected chi connectivity index (χ1v) is 30.1. The summed E-state index contributed by atoms with van der Waals surface area (Å²) in [4.78, 5) is 1.42. The van der Waals surface area contributed by atoms with E-state index in [1.807, 2.05) is 11.3 Å². The molecule has 0 bridgehead atoms. The molecule has 0 radical (unpaired) electrons. The molecule has 2 heterocycles. The summed E-state index contributed by atoms with van der Waals surface area (Å²) >= 11 is -0.574. The fourth-order valence-corrected chi connectivity index (χ4v) is 20.8. The molecule has 1 aliphatic carbocycles. The van der Waals surface area contributed by atoms with Gasteiger partial charge >= 0.3 is 292 Å². The second kappa shape index (κ2) is 12.9. The van der Waals surface area contributed by atoms with E-state index in [1.54, 1.807) is 0 Å². The normalized spacial score (nSPS) is 16.9. The number of benzene rings is 4. The third-order valence-corrected chi connectivity index (χ3v) is 33.9. The van der Waals surface area contributed by atoms with Gasteiger partial charge in [0.1, 0.15) is 0 Å². The van der Waals surface area contributed by atoms with Gasteiger partial charge in [-0.15, -0.1) is 0 Å². The van der Waals surface area contributed by atoms with Crippen LogP contribution in [0.15, 0.2) is 71.6 Å². The third kappa shape index (κ3) is 5.15. The summed E-state index contributed by atoms with van der Waals surface area (Å²) in [5, 5.41) is 13.3. The zero-order valence-electron chi connectivity index (χ0n) is 28.1. The minimum atomic E-state index is -2.29. The van der Waals surface area contributed by atoms with Crippen molar-refractivity contribution in [3.63, 3.8) is 0 Å². The van der Waals surface area contributed by atoms with Crippen LogP contribution in [-0.4, -0.2) is 26.5 Å². The summed E-state index contributed by atoms with van der Waals surface area (Å²) in [6.45, 7) is 14.3. The standard InChI is InChI=1S/C42H44Ge2S2/c1-7-43(8-2,9-3)27-25-33-31-21-23-36-30-18-14-16-20-38(30)46-42(36)40(31)34(26-28-44(10-4,11-5)12-6)32-22-24-35-29-17-13-15-19-37(29)45-41(35)39(32)33/h13-24,35,41H,7-12H2,1-6H3. The second-order valence-corrected chi connectivity index (χ2v) is 36.1. The Hall–Kier alpha value is -2.34. The van der Waals surface area contributed by atoms with Gasteiger partial charge in [0.05, 0.1) is 0 Å². The summed E-state index contributed by atoms with van der Waals surface area (Å²) in [7, 11) is 0. The van der Waals surface area contributed by atoms with Gasteiger partial charge in [-0.25, -0.2) is 0 Å². The first-order valence-electron chi connectivity index (χ1n) is 17.4. The van der Waals surface area contributed by atoms with Crippen molar-refractivity contribution in [2.45, 2.75) is 89.1 Å². The van der Waals surface area contributed by atoms with Crippen LogP contribution < -0.4 is 0 Å². The molecule has 4 aromatic carbocycles. The molecule has 232 valence electrons. The Morgan fingerprint density at radius 3 is 1.96 bits per heavy atom. The van der Waals surface area contributed by atoms with Crippen molar-refractivity contribution in [1.82, 2.24) is 0 Å². The van der Waals surface area contributed by atoms with Crippen LogP contribution in [0.2, 0.25) is 31.5 Å². The van der Waals surface area contributed by atoms with Gasteiger partial charge < -0.3 is 0 Å². The fourth-order valence-electron chi connectivity index (χ4n) is 7.83. The molecule has 0 N–H and O–H groups in total. The second-order valence-electron chi connectivity index (χ2n) is 13.2. The van der Waals surface area contributed by atoms with Crippen LogP contribution in [0, 0.1) is 21.3 Å². The molecule has 0 saturated carbocycles. The van der Waals surface area contributed by atoms with E-state index in [0.29, 0.717) is 11.2 Å². The van der Waals surface area contributed by atoms with Crippen molar-refractivity contribution < 1.29 is 0 Å². The van der Waals surface area contributed by atoms with Gasteiger partial charge in [0.15, 0.2) is 0 Å². The SMILES string of the molecule is C[CH2][Ge]([C]#Cc1c2c(c(C#[C][Ge]([CH2]C)([CH2]C)[CH2]C)c3c1ccc1c4ccccc4sc13)C=CC1c3ccccc3SC21)([CH2]C)[CH2]C. The summed E-state index contributed by atoms with van der Waals surface area (Å²) in [6, 6.07) is 22.8. The van der Waals surface area contributed by atoms with E-state index in [2.05, 4.69) is 147 Å². The maximum absolute atomic E-state index is 4.10. The number of allylic oxidation sites excluding steroid dienone is 1. The van der Waals surface area contributed by atoms with Crippen molar-refractivity contribution in [3.8, 4) is 21.3 Å². The number of rotatable bonds is 6. The Morgan fingerprint density at radius 1 is 0.652 bits per heavy atom. The molecule has 2 unspecified atom stereocenters. The van der Waals surface area contributed by atoms with E-state index in [-0.39, 0.29) is 0 Å². The first-order chi connectivity index (χ1) is 22.5. The fraction of sp³-hybridized carbons (Fsp3) is 0.333. The molecular formula is C42H44Ge2S2. The molecule has 0 amide bonds. The van der Waals surface area contributed by atoms with E-state index in [9.17, 15) is 0 Å². The molecule has 2 atom stereocenters. The first kappa shape index (κ1) is 32.2. The molecule has 46 heavy (non-hydrogen) atoms. The zero-order chi connectivity index (χ0) is 32.1. The van der Waals surface area contributed by atoms with Gasteiger partial charge in [-0.1, -0.05) is 0 Å². The number of hydrogen-bond donors (Lipinski definition) is 0. The van der Waals surface area contributed by atoms with Gasteiger partial charge in [-0.05, 0) is 0 Å². The molecule has 1 aromatic heterocycles. The van der Waals surface area contributed by atoms with Crippen molar-refractivity contribution in [2.24, 2.45) is 0 Å². The maximum atomic E-state index is 4.10. The topological polar surface area (TPSA) is 0 Å². The van der Waals surface area contributed by atoms with E-state index in [1.165, 1.54) is 95.2 Å². The zero-order valence-corrected chi connectivity index (χ0v) is 34.0. The van der Waals surface area contributed by atoms with E-state index in [4.69, 9.17) is 0 Å². The quantitative estimate of drug-likeness (QED) is 0.123. The van der Waals surface area contributed by atoms with Crippen LogP contribution in [0.1, 0.15) is 80.5 Å². The molecule has 5 aromatic rings. The monoisotopic (exact) mass is 760 g/mol. The summed E-state index contributed by atoms with van der Waals surface area (Å²) < 4.78 is 10.9. The van der Waals surface area contributed by atoms with Gasteiger partial charge in [-0.2, -0.15) is 0 Å². The van der Waals surface area contributed by atoms with Gasteiger partial charge in [0.2, 0.25) is 0 Å². The molecule has 0 nitrogen and oxygen atoms in total. The van der Waals surface area contributed by atoms with Crippen LogP contribution in [0.5, 0.6) is 0 Å². The van der Waals surface area contributed by atoms with Gasteiger partial charge in [-0.3, -0.25) is 0 Å². The van der Waals surface area contributed by atoms with Crippen molar-refractivity contribution in [2.75, 3.05) is 0 Å². The molecule has 0 saturated heterocycles. The van der Waals surface area contributed by atoms with Crippen LogP contribution in [0.4, 0.5) is 0 Å². The molecule has 1 aliphatic heterocycles. The third-order valence-electron chi connectivity index (χ3n) is 11.5. The molecule has 0 fully saturated rings. The van der Waals surface area contributed by atoms with Gasteiger partial charge in [0, 0.05) is 0 Å².